The molecule has 0 aromatic carbocycles. The zero-order chi connectivity index (χ0) is 20.2. The van der Waals surface area contributed by atoms with Gasteiger partial charge in [-0.05, 0) is 44.9 Å². The van der Waals surface area contributed by atoms with Crippen LogP contribution in [0.5, 0.6) is 0 Å². The molecule has 0 aliphatic carbocycles. The molecule has 6 heteroatoms. The number of carbonyl (C=O) groups excluding carboxylic acids is 1. The van der Waals surface area contributed by atoms with E-state index in [1.165, 1.54) is 32.1 Å². The van der Waals surface area contributed by atoms with Crippen LogP contribution in [0.4, 0.5) is 0 Å². The molecule has 5 nitrogen and oxygen atoms in total. The maximum absolute atomic E-state index is 11.3. The fourth-order valence-corrected chi connectivity index (χ4v) is 3.41. The summed E-state index contributed by atoms with van der Waals surface area (Å²) in [5, 5.41) is 0. The molecule has 1 N–H and O–H groups in total. The Kier molecular flexibility index (Phi) is 17.9. The van der Waals surface area contributed by atoms with E-state index in [1.54, 1.807) is 0 Å². The van der Waals surface area contributed by atoms with E-state index in [-0.39, 0.29) is 11.7 Å². The van der Waals surface area contributed by atoms with Crippen LogP contribution in [0.25, 0.3) is 0 Å². The molecule has 0 bridgehead atoms. The number of carbonyl (C=O) groups is 1. The molecule has 160 valence electrons. The molecule has 0 rings (SSSR count). The van der Waals surface area contributed by atoms with Crippen molar-refractivity contribution >= 4 is 16.1 Å². The van der Waals surface area contributed by atoms with Crippen LogP contribution in [0.2, 0.25) is 0 Å². The van der Waals surface area contributed by atoms with Crippen molar-refractivity contribution in [2.24, 2.45) is 0 Å². The lowest BCUT2D eigenvalue weighted by Gasteiger charge is -2.03. The first kappa shape index (κ1) is 26.1. The smallest absolute Gasteiger partial charge is 0.305 e. The van der Waals surface area contributed by atoms with Crippen LogP contribution in [-0.2, 0) is 19.6 Å². The first-order valence-corrected chi connectivity index (χ1v) is 12.3. The highest BCUT2D eigenvalue weighted by Crippen LogP contribution is 2.10. The zero-order valence-corrected chi connectivity index (χ0v) is 18.0. The van der Waals surface area contributed by atoms with E-state index in [0.29, 0.717) is 19.4 Å². The van der Waals surface area contributed by atoms with E-state index >= 15 is 0 Å². The lowest BCUT2D eigenvalue weighted by atomic mass is 10.1. The SMILES string of the molecule is CCCOC(=O)CCCCCCC/C=C\CCCCCCCCS(=O)(=O)O. The molecular weight excluding hydrogens is 364 g/mol. The summed E-state index contributed by atoms with van der Waals surface area (Å²) in [4.78, 5) is 11.3. The number of ether oxygens (including phenoxy) is 1. The molecule has 0 fully saturated rings. The molecule has 0 saturated carbocycles. The van der Waals surface area contributed by atoms with E-state index in [1.807, 2.05) is 6.92 Å². The number of allylic oxidation sites excluding steroid dienone is 2. The van der Waals surface area contributed by atoms with Crippen LogP contribution in [0.15, 0.2) is 12.2 Å². The zero-order valence-electron chi connectivity index (χ0n) is 17.2. The molecular formula is C21H40O5S. The Morgan fingerprint density at radius 3 is 1.81 bits per heavy atom. The molecule has 0 atom stereocenters. The molecule has 0 saturated heterocycles. The van der Waals surface area contributed by atoms with Gasteiger partial charge >= 0.3 is 5.97 Å². The van der Waals surface area contributed by atoms with Crippen molar-refractivity contribution in [3.8, 4) is 0 Å². The second-order valence-electron chi connectivity index (χ2n) is 7.19. The highest BCUT2D eigenvalue weighted by Gasteiger charge is 2.03. The highest BCUT2D eigenvalue weighted by molar-refractivity contribution is 7.85. The van der Waals surface area contributed by atoms with E-state index in [4.69, 9.17) is 9.29 Å². The number of hydrogen-bond donors (Lipinski definition) is 1. The summed E-state index contributed by atoms with van der Waals surface area (Å²) in [6.45, 7) is 2.55. The van der Waals surface area contributed by atoms with Crippen molar-refractivity contribution in [3.63, 3.8) is 0 Å². The topological polar surface area (TPSA) is 80.7 Å². The van der Waals surface area contributed by atoms with Gasteiger partial charge in [-0.25, -0.2) is 0 Å². The standard InChI is InChI=1S/C21H40O5S/c1-2-19-26-21(22)18-16-14-12-10-8-6-4-3-5-7-9-11-13-15-17-20-27(23,24)25/h3-4H,2,5-20H2,1H3,(H,23,24,25)/b4-3-. The Balaban J connectivity index is 3.22. The minimum atomic E-state index is -3.78. The Morgan fingerprint density at radius 1 is 0.815 bits per heavy atom. The predicted octanol–water partition coefficient (Wildman–Crippen LogP) is 5.85. The maximum Gasteiger partial charge on any atom is 0.305 e. The normalized spacial score (nSPS) is 11.9. The summed E-state index contributed by atoms with van der Waals surface area (Å²) in [6.07, 6.45) is 19.9. The summed E-state index contributed by atoms with van der Waals surface area (Å²) in [6, 6.07) is 0. The van der Waals surface area contributed by atoms with Gasteiger partial charge in [0.25, 0.3) is 10.1 Å². The van der Waals surface area contributed by atoms with Gasteiger partial charge in [0.05, 0.1) is 12.4 Å². The third-order valence-corrected chi connectivity index (χ3v) is 5.21. The van der Waals surface area contributed by atoms with Gasteiger partial charge < -0.3 is 4.74 Å². The summed E-state index contributed by atoms with van der Waals surface area (Å²) in [7, 11) is -3.78. The van der Waals surface area contributed by atoms with Gasteiger partial charge in [-0.2, -0.15) is 8.42 Å². The number of unbranched alkanes of at least 4 members (excludes halogenated alkanes) is 11. The minimum absolute atomic E-state index is 0.0575. The maximum atomic E-state index is 11.3. The molecule has 0 radical (unpaired) electrons. The van der Waals surface area contributed by atoms with Crippen LogP contribution in [0.1, 0.15) is 103 Å². The molecule has 0 amide bonds. The Bertz CT molecular complexity index is 471. The molecule has 0 aromatic heterocycles. The second-order valence-corrected chi connectivity index (χ2v) is 8.77. The predicted molar refractivity (Wildman–Crippen MR) is 111 cm³/mol. The largest absolute Gasteiger partial charge is 0.466 e. The Hall–Kier alpha value is -0.880. The fraction of sp³-hybridized carbons (Fsp3) is 0.857. The highest BCUT2D eigenvalue weighted by atomic mass is 32.2. The minimum Gasteiger partial charge on any atom is -0.466 e. The van der Waals surface area contributed by atoms with Crippen LogP contribution in [0, 0.1) is 0 Å². The van der Waals surface area contributed by atoms with Crippen molar-refractivity contribution in [2.45, 2.75) is 103 Å². The second kappa shape index (κ2) is 18.5. The van der Waals surface area contributed by atoms with Gasteiger partial charge in [-0.3, -0.25) is 9.35 Å². The van der Waals surface area contributed by atoms with Crippen molar-refractivity contribution in [2.75, 3.05) is 12.4 Å². The van der Waals surface area contributed by atoms with Gasteiger partial charge in [0, 0.05) is 6.42 Å². The third kappa shape index (κ3) is 23.1. The van der Waals surface area contributed by atoms with E-state index in [9.17, 15) is 13.2 Å². The fourth-order valence-electron chi connectivity index (χ4n) is 2.84. The van der Waals surface area contributed by atoms with Crippen molar-refractivity contribution in [3.05, 3.63) is 12.2 Å². The lowest BCUT2D eigenvalue weighted by Crippen LogP contribution is -2.04. The van der Waals surface area contributed by atoms with Crippen molar-refractivity contribution in [1.82, 2.24) is 0 Å². The van der Waals surface area contributed by atoms with Gasteiger partial charge in [0.15, 0.2) is 0 Å². The molecule has 0 unspecified atom stereocenters. The van der Waals surface area contributed by atoms with Gasteiger partial charge in [-0.1, -0.05) is 64.0 Å². The third-order valence-electron chi connectivity index (χ3n) is 4.41. The van der Waals surface area contributed by atoms with E-state index in [0.717, 1.165) is 51.4 Å². The Morgan fingerprint density at radius 2 is 1.30 bits per heavy atom. The summed E-state index contributed by atoms with van der Waals surface area (Å²) in [5.41, 5.74) is 0. The van der Waals surface area contributed by atoms with E-state index < -0.39 is 10.1 Å². The van der Waals surface area contributed by atoms with Gasteiger partial charge in [0.1, 0.15) is 0 Å². The molecule has 0 aromatic rings. The number of esters is 1. The number of hydrogen-bond acceptors (Lipinski definition) is 4. The molecule has 27 heavy (non-hydrogen) atoms. The quantitative estimate of drug-likeness (QED) is 0.126. The van der Waals surface area contributed by atoms with Crippen molar-refractivity contribution in [1.29, 1.82) is 0 Å². The van der Waals surface area contributed by atoms with Gasteiger partial charge in [0.2, 0.25) is 0 Å². The van der Waals surface area contributed by atoms with Gasteiger partial charge in [-0.15, -0.1) is 0 Å². The molecule has 0 spiro atoms. The first-order chi connectivity index (χ1) is 13.0. The van der Waals surface area contributed by atoms with Crippen LogP contribution in [-0.4, -0.2) is 31.3 Å². The average Bonchev–Trinajstić information content (AvgIpc) is 2.61. The van der Waals surface area contributed by atoms with Crippen LogP contribution < -0.4 is 0 Å². The average molecular weight is 405 g/mol. The lowest BCUT2D eigenvalue weighted by molar-refractivity contribution is -0.143. The molecule has 0 aliphatic heterocycles. The van der Waals surface area contributed by atoms with Crippen molar-refractivity contribution < 1.29 is 22.5 Å². The number of rotatable bonds is 19. The molecule has 0 aliphatic rings. The Labute approximate surface area is 166 Å². The summed E-state index contributed by atoms with van der Waals surface area (Å²) in [5.74, 6) is -0.167. The van der Waals surface area contributed by atoms with Crippen LogP contribution in [0.3, 0.4) is 0 Å². The summed E-state index contributed by atoms with van der Waals surface area (Å²) >= 11 is 0. The van der Waals surface area contributed by atoms with E-state index in [2.05, 4.69) is 12.2 Å². The van der Waals surface area contributed by atoms with Crippen LogP contribution >= 0.6 is 0 Å². The summed E-state index contributed by atoms with van der Waals surface area (Å²) < 4.78 is 34.8. The first-order valence-electron chi connectivity index (χ1n) is 10.7. The molecule has 0 heterocycles. The monoisotopic (exact) mass is 404 g/mol.